The van der Waals surface area contributed by atoms with Gasteiger partial charge in [0.1, 0.15) is 17.7 Å². The van der Waals surface area contributed by atoms with Crippen LogP contribution in [0.2, 0.25) is 0 Å². The smallest absolute Gasteiger partial charge is 0.410 e. The van der Waals surface area contributed by atoms with E-state index in [0.717, 1.165) is 37.7 Å². The van der Waals surface area contributed by atoms with Crippen molar-refractivity contribution in [3.8, 4) is 0 Å². The Hall–Kier alpha value is -3.16. The number of hydrogen-bond donors (Lipinski definition) is 0. The van der Waals surface area contributed by atoms with E-state index in [-0.39, 0.29) is 55.4 Å². The van der Waals surface area contributed by atoms with E-state index < -0.39 is 18.2 Å². The van der Waals surface area contributed by atoms with Crippen molar-refractivity contribution in [1.29, 1.82) is 0 Å². The average molecular weight is 513 g/mol. The molecule has 1 saturated heterocycles. The summed E-state index contributed by atoms with van der Waals surface area (Å²) in [5.41, 5.74) is 1.27. The molecule has 1 aromatic rings. The summed E-state index contributed by atoms with van der Waals surface area (Å²) in [5, 5.41) is 0. The molecule has 0 aromatic heterocycles. The summed E-state index contributed by atoms with van der Waals surface area (Å²) >= 11 is 0. The lowest BCUT2D eigenvalue weighted by atomic mass is 10.0. The lowest BCUT2D eigenvalue weighted by Gasteiger charge is -2.25. The van der Waals surface area contributed by atoms with E-state index in [9.17, 15) is 18.8 Å². The van der Waals surface area contributed by atoms with Crippen LogP contribution >= 0.6 is 0 Å². The van der Waals surface area contributed by atoms with Crippen LogP contribution in [0.5, 0.6) is 0 Å². The highest BCUT2D eigenvalue weighted by Crippen LogP contribution is 2.30. The molecule has 0 saturated carbocycles. The first-order valence-electron chi connectivity index (χ1n) is 13.4. The molecule has 3 aliphatic heterocycles. The minimum atomic E-state index is -0.568. The number of allylic oxidation sites excluding steroid dienone is 2. The Morgan fingerprint density at radius 2 is 1.95 bits per heavy atom. The summed E-state index contributed by atoms with van der Waals surface area (Å²) in [6.45, 7) is 6.68. The summed E-state index contributed by atoms with van der Waals surface area (Å²) < 4.78 is 25.4. The fourth-order valence-electron chi connectivity index (χ4n) is 5.26. The Kier molecular flexibility index (Phi) is 9.00. The lowest BCUT2D eigenvalue weighted by Crippen LogP contribution is -2.38. The van der Waals surface area contributed by atoms with Gasteiger partial charge in [-0.3, -0.25) is 14.5 Å². The van der Waals surface area contributed by atoms with Gasteiger partial charge in [0, 0.05) is 31.4 Å². The number of rotatable bonds is 1. The maximum Gasteiger partial charge on any atom is 0.410 e. The van der Waals surface area contributed by atoms with Gasteiger partial charge in [0.15, 0.2) is 0 Å². The number of cyclic esters (lactones) is 1. The Labute approximate surface area is 218 Å². The highest BCUT2D eigenvalue weighted by Gasteiger charge is 2.41. The largest absolute Gasteiger partial charge is 0.444 e. The van der Waals surface area contributed by atoms with Crippen molar-refractivity contribution >= 4 is 18.0 Å². The minimum absolute atomic E-state index is 0.0609. The second kappa shape index (κ2) is 12.4. The van der Waals surface area contributed by atoms with Crippen LogP contribution in [0.25, 0.3) is 0 Å². The molecule has 3 aliphatic rings. The predicted molar refractivity (Wildman–Crippen MR) is 137 cm³/mol. The zero-order valence-corrected chi connectivity index (χ0v) is 21.6. The number of ether oxygens (including phenoxy) is 2. The summed E-state index contributed by atoms with van der Waals surface area (Å²) in [7, 11) is 0. The molecular formula is C29H37FN2O5. The van der Waals surface area contributed by atoms with Crippen LogP contribution in [0.15, 0.2) is 42.7 Å². The summed E-state index contributed by atoms with van der Waals surface area (Å²) in [4.78, 5) is 41.6. The second-order valence-electron chi connectivity index (χ2n) is 10.4. The number of carbonyl (C=O) groups is 3. The second-order valence-corrected chi connectivity index (χ2v) is 10.4. The van der Waals surface area contributed by atoms with Gasteiger partial charge in [-0.1, -0.05) is 50.6 Å². The molecule has 0 N–H and O–H groups in total. The number of hydrogen-bond acceptors (Lipinski definition) is 5. The fraction of sp³-hybridized carbons (Fsp3) is 0.552. The van der Waals surface area contributed by atoms with Crippen molar-refractivity contribution in [3.63, 3.8) is 0 Å². The van der Waals surface area contributed by atoms with Crippen molar-refractivity contribution in [1.82, 2.24) is 9.80 Å². The van der Waals surface area contributed by atoms with Crippen LogP contribution in [0.4, 0.5) is 9.18 Å². The van der Waals surface area contributed by atoms with E-state index in [1.165, 1.54) is 11.0 Å². The van der Waals surface area contributed by atoms with Gasteiger partial charge in [0.2, 0.25) is 5.91 Å². The van der Waals surface area contributed by atoms with Crippen LogP contribution in [0.1, 0.15) is 75.8 Å². The zero-order valence-electron chi connectivity index (χ0n) is 21.6. The SMILES string of the molecule is C=C1OC(=O)CCC(C)/C=C\CCCCCCC(=O)N2C[C@H](OC(=O)N3Cc4cccc(F)c4C3)C[C@@H]12. The van der Waals surface area contributed by atoms with Crippen LogP contribution in [-0.4, -0.2) is 46.5 Å². The summed E-state index contributed by atoms with van der Waals surface area (Å²) in [5.74, 6) is -0.288. The Morgan fingerprint density at radius 3 is 2.76 bits per heavy atom. The third kappa shape index (κ3) is 6.99. The lowest BCUT2D eigenvalue weighted by molar-refractivity contribution is -0.142. The first kappa shape index (κ1) is 26.9. The molecule has 8 heteroatoms. The number of halogens is 1. The highest BCUT2D eigenvalue weighted by atomic mass is 19.1. The van der Waals surface area contributed by atoms with Crippen LogP contribution in [0, 0.1) is 11.7 Å². The van der Waals surface area contributed by atoms with Gasteiger partial charge in [-0.05, 0) is 43.2 Å². The van der Waals surface area contributed by atoms with Crippen molar-refractivity contribution in [2.45, 2.75) is 89.9 Å². The van der Waals surface area contributed by atoms with E-state index >= 15 is 0 Å². The molecule has 1 aromatic carbocycles. The normalized spacial score (nSPS) is 26.8. The third-order valence-corrected chi connectivity index (χ3v) is 7.43. The van der Waals surface area contributed by atoms with E-state index in [4.69, 9.17) is 9.47 Å². The molecule has 1 fully saturated rings. The number of amides is 2. The van der Waals surface area contributed by atoms with E-state index in [2.05, 4.69) is 25.7 Å². The Balaban J connectivity index is 1.40. The zero-order chi connectivity index (χ0) is 26.4. The van der Waals surface area contributed by atoms with Crippen LogP contribution < -0.4 is 0 Å². The van der Waals surface area contributed by atoms with Gasteiger partial charge in [-0.2, -0.15) is 0 Å². The van der Waals surface area contributed by atoms with Crippen molar-refractivity contribution in [2.75, 3.05) is 6.54 Å². The molecule has 0 aliphatic carbocycles. The molecule has 2 amide bonds. The number of fused-ring (bicyclic) bond motifs is 2. The predicted octanol–water partition coefficient (Wildman–Crippen LogP) is 5.63. The summed E-state index contributed by atoms with van der Waals surface area (Å²) in [6.07, 6.45) is 9.69. The molecule has 3 heterocycles. The van der Waals surface area contributed by atoms with Crippen molar-refractivity contribution in [3.05, 3.63) is 59.6 Å². The number of esters is 1. The third-order valence-electron chi connectivity index (χ3n) is 7.43. The number of nitrogens with zero attached hydrogens (tertiary/aromatic N) is 2. The quantitative estimate of drug-likeness (QED) is 0.360. The van der Waals surface area contributed by atoms with E-state index in [1.807, 2.05) is 0 Å². The molecule has 0 bridgehead atoms. The van der Waals surface area contributed by atoms with Gasteiger partial charge in [0.25, 0.3) is 0 Å². The number of benzene rings is 1. The fourth-order valence-corrected chi connectivity index (χ4v) is 5.26. The Morgan fingerprint density at radius 1 is 1.14 bits per heavy atom. The monoisotopic (exact) mass is 512 g/mol. The highest BCUT2D eigenvalue weighted by molar-refractivity contribution is 5.78. The first-order valence-corrected chi connectivity index (χ1v) is 13.4. The standard InChI is InChI=1S/C29H37FN2O5/c1-20-10-7-5-3-4-6-8-13-27(33)32-18-23(16-26(32)21(2)36-28(34)15-14-20)37-29(35)31-17-22-11-9-12-25(30)24(22)19-31/h7,9-12,20,23,26H,2-6,8,13-19H2,1H3/b10-7-/t20?,23-,26+/m1/s1. The van der Waals surface area contributed by atoms with Crippen molar-refractivity contribution < 1.29 is 28.2 Å². The molecule has 37 heavy (non-hydrogen) atoms. The molecule has 200 valence electrons. The molecule has 7 nitrogen and oxygen atoms in total. The van der Waals surface area contributed by atoms with Crippen molar-refractivity contribution in [2.24, 2.45) is 5.92 Å². The molecular weight excluding hydrogens is 475 g/mol. The van der Waals surface area contributed by atoms with Crippen LogP contribution in [0.3, 0.4) is 0 Å². The van der Waals surface area contributed by atoms with Gasteiger partial charge in [0.05, 0.1) is 19.1 Å². The van der Waals surface area contributed by atoms with E-state index in [0.29, 0.717) is 24.8 Å². The minimum Gasteiger partial charge on any atom is -0.444 e. The van der Waals surface area contributed by atoms with Crippen LogP contribution in [-0.2, 0) is 32.2 Å². The number of carbonyl (C=O) groups excluding carboxylic acids is 3. The Bertz CT molecular complexity index is 1050. The van der Waals surface area contributed by atoms with Gasteiger partial charge < -0.3 is 14.4 Å². The molecule has 1 unspecified atom stereocenters. The summed E-state index contributed by atoms with van der Waals surface area (Å²) in [6, 6.07) is 4.27. The maximum absolute atomic E-state index is 14.1. The molecule has 0 spiro atoms. The van der Waals surface area contributed by atoms with Gasteiger partial charge in [-0.25, -0.2) is 9.18 Å². The molecule has 3 atom stereocenters. The maximum atomic E-state index is 14.1. The molecule has 4 rings (SSSR count). The average Bonchev–Trinajstić information content (AvgIpc) is 3.49. The first-order chi connectivity index (χ1) is 17.8. The van der Waals surface area contributed by atoms with Gasteiger partial charge >= 0.3 is 12.1 Å². The van der Waals surface area contributed by atoms with Gasteiger partial charge in [-0.15, -0.1) is 0 Å². The topological polar surface area (TPSA) is 76.1 Å². The van der Waals surface area contributed by atoms with E-state index in [1.54, 1.807) is 17.0 Å². The molecule has 0 radical (unpaired) electrons.